The Hall–Kier alpha value is -2.06. The quantitative estimate of drug-likeness (QED) is 0.367. The van der Waals surface area contributed by atoms with Crippen LogP contribution in [0.1, 0.15) is 19.8 Å². The first-order valence-electron chi connectivity index (χ1n) is 9.39. The van der Waals surface area contributed by atoms with Crippen molar-refractivity contribution in [2.45, 2.75) is 26.3 Å². The fraction of sp³-hybridized carbons (Fsp3) is 0.526. The molecule has 0 saturated carbocycles. The van der Waals surface area contributed by atoms with Gasteiger partial charge in [0, 0.05) is 51.5 Å². The Morgan fingerprint density at radius 3 is 2.52 bits per heavy atom. The summed E-state index contributed by atoms with van der Waals surface area (Å²) < 4.78 is 26.9. The smallest absolute Gasteiger partial charge is 0.211 e. The molecule has 1 aromatic heterocycles. The summed E-state index contributed by atoms with van der Waals surface area (Å²) in [5.41, 5.74) is 1.26. The monoisotopic (exact) mass is 393 g/mol. The number of hydrogen-bond donors (Lipinski definition) is 2. The van der Waals surface area contributed by atoms with E-state index in [1.807, 2.05) is 6.92 Å². The molecule has 0 aliphatic rings. The summed E-state index contributed by atoms with van der Waals surface area (Å²) in [6.07, 6.45) is 5.09. The number of para-hydroxylation sites is 1. The van der Waals surface area contributed by atoms with E-state index in [-0.39, 0.29) is 0 Å². The molecule has 7 nitrogen and oxygen atoms in total. The Bertz CT molecular complexity index is 845. The van der Waals surface area contributed by atoms with Crippen molar-refractivity contribution in [1.29, 1.82) is 0 Å². The van der Waals surface area contributed by atoms with E-state index in [2.05, 4.69) is 56.7 Å². The zero-order valence-electron chi connectivity index (χ0n) is 16.5. The molecular weight excluding hydrogens is 362 g/mol. The molecule has 0 saturated heterocycles. The molecule has 0 fully saturated rings. The van der Waals surface area contributed by atoms with Crippen molar-refractivity contribution in [1.82, 2.24) is 19.5 Å². The van der Waals surface area contributed by atoms with E-state index in [4.69, 9.17) is 0 Å². The Balaban J connectivity index is 1.67. The van der Waals surface area contributed by atoms with Gasteiger partial charge in [0.25, 0.3) is 0 Å². The molecule has 27 heavy (non-hydrogen) atoms. The van der Waals surface area contributed by atoms with Crippen LogP contribution in [0, 0.1) is 0 Å². The summed E-state index contributed by atoms with van der Waals surface area (Å²) in [6.45, 7) is 5.30. The van der Waals surface area contributed by atoms with E-state index >= 15 is 0 Å². The summed E-state index contributed by atoms with van der Waals surface area (Å²) in [4.78, 5) is 4.21. The van der Waals surface area contributed by atoms with E-state index in [0.29, 0.717) is 19.6 Å². The second-order valence-electron chi connectivity index (χ2n) is 6.46. The molecule has 0 atom stereocenters. The van der Waals surface area contributed by atoms with Crippen LogP contribution in [0.4, 0.5) is 0 Å². The molecule has 1 heterocycles. The average molecular weight is 394 g/mol. The van der Waals surface area contributed by atoms with Gasteiger partial charge < -0.3 is 15.2 Å². The third-order valence-corrected chi connectivity index (χ3v) is 5.85. The van der Waals surface area contributed by atoms with Crippen LogP contribution in [0.15, 0.2) is 41.5 Å². The lowest BCUT2D eigenvalue weighted by molar-refractivity contribution is 0.424. The molecule has 0 aliphatic carbocycles. The van der Waals surface area contributed by atoms with Crippen molar-refractivity contribution in [3.05, 3.63) is 36.5 Å². The highest BCUT2D eigenvalue weighted by molar-refractivity contribution is 7.88. The predicted octanol–water partition coefficient (Wildman–Crippen LogP) is 1.87. The molecule has 0 unspecified atom stereocenters. The summed E-state index contributed by atoms with van der Waals surface area (Å²) in [5, 5.41) is 7.80. The van der Waals surface area contributed by atoms with Gasteiger partial charge in [0.05, 0.1) is 6.26 Å². The van der Waals surface area contributed by atoms with Crippen LogP contribution in [0.25, 0.3) is 10.9 Å². The van der Waals surface area contributed by atoms with E-state index < -0.39 is 10.0 Å². The van der Waals surface area contributed by atoms with Crippen LogP contribution in [-0.4, -0.2) is 62.7 Å². The summed E-state index contributed by atoms with van der Waals surface area (Å²) in [5.74, 6) is 0.745. The lowest BCUT2D eigenvalue weighted by atomic mass is 10.2. The number of rotatable bonds is 10. The van der Waals surface area contributed by atoms with E-state index in [9.17, 15) is 8.42 Å². The number of aromatic nitrogens is 1. The fourth-order valence-corrected chi connectivity index (χ4v) is 3.96. The fourth-order valence-electron chi connectivity index (χ4n) is 3.03. The number of guanidine groups is 1. The number of fused-ring (bicyclic) bond motifs is 1. The molecular formula is C19H31N5O2S. The number of hydrogen-bond acceptors (Lipinski definition) is 3. The summed E-state index contributed by atoms with van der Waals surface area (Å²) in [7, 11) is -1.38. The minimum atomic E-state index is -3.12. The Morgan fingerprint density at radius 1 is 1.15 bits per heavy atom. The molecule has 2 aromatic rings. The molecule has 0 amide bonds. The number of nitrogens with one attached hydrogen (secondary N) is 2. The Labute approximate surface area is 162 Å². The van der Waals surface area contributed by atoms with Gasteiger partial charge in [-0.15, -0.1) is 0 Å². The normalized spacial score (nSPS) is 12.7. The first-order valence-corrected chi connectivity index (χ1v) is 11.2. The van der Waals surface area contributed by atoms with Crippen LogP contribution in [0.2, 0.25) is 0 Å². The van der Waals surface area contributed by atoms with Crippen molar-refractivity contribution in [2.24, 2.45) is 4.99 Å². The minimum Gasteiger partial charge on any atom is -0.356 e. The van der Waals surface area contributed by atoms with Crippen molar-refractivity contribution in [3.8, 4) is 0 Å². The van der Waals surface area contributed by atoms with Crippen molar-refractivity contribution < 1.29 is 8.42 Å². The van der Waals surface area contributed by atoms with Gasteiger partial charge in [0.1, 0.15) is 0 Å². The molecule has 0 aliphatic heterocycles. The number of aliphatic imine (C=N–C) groups is 1. The molecule has 0 bridgehead atoms. The van der Waals surface area contributed by atoms with Gasteiger partial charge in [-0.1, -0.05) is 25.1 Å². The van der Waals surface area contributed by atoms with E-state index in [1.54, 1.807) is 7.05 Å². The van der Waals surface area contributed by atoms with Crippen LogP contribution < -0.4 is 10.6 Å². The highest BCUT2D eigenvalue weighted by atomic mass is 32.2. The maximum Gasteiger partial charge on any atom is 0.211 e. The highest BCUT2D eigenvalue weighted by Crippen LogP contribution is 2.15. The molecule has 8 heteroatoms. The van der Waals surface area contributed by atoms with Crippen molar-refractivity contribution >= 4 is 26.9 Å². The number of nitrogens with zero attached hydrogens (tertiary/aromatic N) is 3. The second kappa shape index (κ2) is 10.3. The molecule has 150 valence electrons. The van der Waals surface area contributed by atoms with Gasteiger partial charge >= 0.3 is 0 Å². The van der Waals surface area contributed by atoms with Gasteiger partial charge in [0.2, 0.25) is 10.0 Å². The van der Waals surface area contributed by atoms with Gasteiger partial charge in [0.15, 0.2) is 5.96 Å². The van der Waals surface area contributed by atoms with E-state index in [1.165, 1.54) is 21.5 Å². The standard InChI is InChI=1S/C19H31N5O2S/c1-4-24(27(3,25)26)15-8-13-22-19(20-2)21-12-7-14-23-16-11-17-9-5-6-10-18(17)23/h5-6,9-11,16H,4,7-8,12-15H2,1-3H3,(H2,20,21,22). The van der Waals surface area contributed by atoms with Crippen molar-refractivity contribution in [2.75, 3.05) is 39.5 Å². The molecule has 2 N–H and O–H groups in total. The summed E-state index contributed by atoms with van der Waals surface area (Å²) in [6, 6.07) is 10.5. The maximum absolute atomic E-state index is 11.6. The third kappa shape index (κ3) is 6.55. The second-order valence-corrected chi connectivity index (χ2v) is 8.44. The van der Waals surface area contributed by atoms with Crippen LogP contribution in [0.3, 0.4) is 0 Å². The highest BCUT2D eigenvalue weighted by Gasteiger charge is 2.13. The Kier molecular flexibility index (Phi) is 8.12. The topological polar surface area (TPSA) is 78.7 Å². The maximum atomic E-state index is 11.6. The number of sulfonamides is 1. The first-order chi connectivity index (χ1) is 13.0. The molecule has 0 radical (unpaired) electrons. The minimum absolute atomic E-state index is 0.500. The summed E-state index contributed by atoms with van der Waals surface area (Å²) >= 11 is 0. The van der Waals surface area contributed by atoms with Crippen molar-refractivity contribution in [3.63, 3.8) is 0 Å². The van der Waals surface area contributed by atoms with Crippen LogP contribution in [-0.2, 0) is 16.6 Å². The first kappa shape index (κ1) is 21.2. The van der Waals surface area contributed by atoms with Crippen LogP contribution in [0.5, 0.6) is 0 Å². The SMILES string of the molecule is CCN(CCCNC(=NC)NCCCn1ccc2ccccc21)S(C)(=O)=O. The van der Waals surface area contributed by atoms with Gasteiger partial charge in [-0.25, -0.2) is 12.7 Å². The largest absolute Gasteiger partial charge is 0.356 e. The van der Waals surface area contributed by atoms with Gasteiger partial charge in [-0.2, -0.15) is 0 Å². The zero-order chi connectivity index (χ0) is 19.7. The predicted molar refractivity (Wildman–Crippen MR) is 113 cm³/mol. The van der Waals surface area contributed by atoms with Crippen LogP contribution >= 0.6 is 0 Å². The van der Waals surface area contributed by atoms with Gasteiger partial charge in [-0.05, 0) is 30.4 Å². The number of aryl methyl sites for hydroxylation is 1. The average Bonchev–Trinajstić information content (AvgIpc) is 3.05. The molecule has 2 rings (SSSR count). The van der Waals surface area contributed by atoms with E-state index in [0.717, 1.165) is 31.9 Å². The molecule has 0 spiro atoms. The van der Waals surface area contributed by atoms with Gasteiger partial charge in [-0.3, -0.25) is 4.99 Å². The lowest BCUT2D eigenvalue weighted by Gasteiger charge is -2.18. The molecule has 1 aromatic carbocycles. The third-order valence-electron chi connectivity index (χ3n) is 4.47. The lowest BCUT2D eigenvalue weighted by Crippen LogP contribution is -2.39. The zero-order valence-corrected chi connectivity index (χ0v) is 17.3. The Morgan fingerprint density at radius 2 is 1.85 bits per heavy atom. The number of benzene rings is 1.